The second-order valence-corrected chi connectivity index (χ2v) is 5.93. The number of carboxylic acids is 1. The molecule has 1 aliphatic carbocycles. The Labute approximate surface area is 136 Å². The van der Waals surface area contributed by atoms with Crippen molar-refractivity contribution in [1.82, 2.24) is 14.9 Å². The predicted molar refractivity (Wildman–Crippen MR) is 78.9 cm³/mol. The van der Waals surface area contributed by atoms with Crippen LogP contribution < -0.4 is 10.1 Å². The molecule has 0 unspecified atom stereocenters. The first-order valence-corrected chi connectivity index (χ1v) is 7.50. The van der Waals surface area contributed by atoms with Crippen molar-refractivity contribution in [2.24, 2.45) is 0 Å². The van der Waals surface area contributed by atoms with Gasteiger partial charge in [0.15, 0.2) is 0 Å². The molecule has 1 saturated heterocycles. The Morgan fingerprint density at radius 3 is 2.65 bits per heavy atom. The fourth-order valence-electron chi connectivity index (χ4n) is 2.44. The molecule has 1 aliphatic heterocycles. The third kappa shape index (κ3) is 3.73. The highest BCUT2D eigenvalue weighted by molar-refractivity contribution is 6.29. The van der Waals surface area contributed by atoms with Gasteiger partial charge in [0, 0.05) is 18.5 Å². The molecule has 1 amide bonds. The Kier molecular flexibility index (Phi) is 4.12. The van der Waals surface area contributed by atoms with Gasteiger partial charge >= 0.3 is 18.1 Å². The van der Waals surface area contributed by atoms with E-state index in [0.717, 1.165) is 17.7 Å². The van der Waals surface area contributed by atoms with Crippen LogP contribution in [0.2, 0.25) is 5.15 Å². The van der Waals surface area contributed by atoms with Crippen LogP contribution in [0.3, 0.4) is 0 Å². The van der Waals surface area contributed by atoms with Crippen molar-refractivity contribution in [1.29, 1.82) is 0 Å². The molecule has 0 bridgehead atoms. The lowest BCUT2D eigenvalue weighted by Crippen LogP contribution is -2.39. The van der Waals surface area contributed by atoms with Crippen LogP contribution in [0.4, 0.5) is 10.6 Å². The third-order valence-corrected chi connectivity index (χ3v) is 3.86. The summed E-state index contributed by atoms with van der Waals surface area (Å²) in [6, 6.07) is 0.812. The van der Waals surface area contributed by atoms with Gasteiger partial charge in [-0.25, -0.2) is 9.59 Å². The van der Waals surface area contributed by atoms with Crippen LogP contribution in [0.5, 0.6) is 6.01 Å². The number of carbonyl (C=O) groups is 2. The standard InChI is InChI=1S/C13H15ClN4O5/c14-9-4-10(15-6-1-2-6)17-12(16-9)23-7-3-8(11(19)20)18(5-7)13(21)22/h4,6-8H,1-3,5H2,(H,19,20)(H,21,22)(H,15,16,17)/t7-,8-/m0/s1. The van der Waals surface area contributed by atoms with Gasteiger partial charge in [-0.05, 0) is 12.8 Å². The number of carboxylic acid groups (broad SMARTS) is 2. The molecule has 23 heavy (non-hydrogen) atoms. The zero-order valence-electron chi connectivity index (χ0n) is 12.0. The maximum absolute atomic E-state index is 11.1. The Morgan fingerprint density at radius 1 is 1.35 bits per heavy atom. The first-order chi connectivity index (χ1) is 10.9. The number of nitrogens with one attached hydrogen (secondary N) is 1. The summed E-state index contributed by atoms with van der Waals surface area (Å²) in [6.07, 6.45) is 0.219. The predicted octanol–water partition coefficient (Wildman–Crippen LogP) is 1.29. The number of amides is 1. The minimum atomic E-state index is -1.30. The van der Waals surface area contributed by atoms with E-state index in [1.165, 1.54) is 0 Å². The van der Waals surface area contributed by atoms with E-state index in [4.69, 9.17) is 26.6 Å². The molecule has 3 N–H and O–H groups in total. The summed E-state index contributed by atoms with van der Waals surface area (Å²) in [7, 11) is 0. The largest absolute Gasteiger partial charge is 0.480 e. The van der Waals surface area contributed by atoms with Gasteiger partial charge in [0.2, 0.25) is 0 Å². The van der Waals surface area contributed by atoms with E-state index >= 15 is 0 Å². The highest BCUT2D eigenvalue weighted by Crippen LogP contribution is 2.27. The highest BCUT2D eigenvalue weighted by Gasteiger charge is 2.41. The van der Waals surface area contributed by atoms with Crippen molar-refractivity contribution in [3.8, 4) is 6.01 Å². The number of ether oxygens (including phenoxy) is 1. The molecule has 0 aromatic carbocycles. The smallest absolute Gasteiger partial charge is 0.408 e. The van der Waals surface area contributed by atoms with Gasteiger partial charge in [-0.3, -0.25) is 4.90 Å². The number of hydrogen-bond donors (Lipinski definition) is 3. The van der Waals surface area contributed by atoms with Crippen LogP contribution in [-0.2, 0) is 4.79 Å². The molecule has 124 valence electrons. The minimum absolute atomic E-state index is 0.00188. The minimum Gasteiger partial charge on any atom is -0.480 e. The lowest BCUT2D eigenvalue weighted by molar-refractivity contribution is -0.141. The SMILES string of the molecule is O=C(O)[C@@H]1C[C@H](Oc2nc(Cl)cc(NC3CC3)n2)CN1C(=O)O. The second-order valence-electron chi connectivity index (χ2n) is 5.54. The number of rotatable bonds is 5. The third-order valence-electron chi connectivity index (χ3n) is 3.67. The lowest BCUT2D eigenvalue weighted by Gasteiger charge is -2.16. The van der Waals surface area contributed by atoms with Gasteiger partial charge in [-0.2, -0.15) is 9.97 Å². The average molecular weight is 343 g/mol. The van der Waals surface area contributed by atoms with Gasteiger partial charge in [-0.1, -0.05) is 11.6 Å². The van der Waals surface area contributed by atoms with Crippen molar-refractivity contribution < 1.29 is 24.5 Å². The molecule has 9 nitrogen and oxygen atoms in total. The van der Waals surface area contributed by atoms with Crippen molar-refractivity contribution in [3.63, 3.8) is 0 Å². The molecule has 0 spiro atoms. The van der Waals surface area contributed by atoms with Crippen LogP contribution in [0.1, 0.15) is 19.3 Å². The van der Waals surface area contributed by atoms with Gasteiger partial charge in [0.05, 0.1) is 6.54 Å². The summed E-state index contributed by atoms with van der Waals surface area (Å²) >= 11 is 5.93. The summed E-state index contributed by atoms with van der Waals surface area (Å²) in [6.45, 7) is -0.0619. The van der Waals surface area contributed by atoms with Crippen molar-refractivity contribution >= 4 is 29.5 Å². The van der Waals surface area contributed by atoms with Crippen LogP contribution in [0, 0.1) is 0 Å². The fourth-order valence-corrected chi connectivity index (χ4v) is 2.61. The number of halogens is 1. The number of hydrogen-bond acceptors (Lipinski definition) is 6. The molecule has 1 aromatic heterocycles. The lowest BCUT2D eigenvalue weighted by atomic mass is 10.2. The molecule has 2 aliphatic rings. The van der Waals surface area contributed by atoms with E-state index < -0.39 is 24.2 Å². The van der Waals surface area contributed by atoms with Crippen LogP contribution >= 0.6 is 11.6 Å². The Morgan fingerprint density at radius 2 is 2.09 bits per heavy atom. The van der Waals surface area contributed by atoms with Crippen molar-refractivity contribution in [2.45, 2.75) is 37.5 Å². The maximum Gasteiger partial charge on any atom is 0.408 e. The van der Waals surface area contributed by atoms with E-state index in [1.54, 1.807) is 6.07 Å². The first-order valence-electron chi connectivity index (χ1n) is 7.12. The van der Waals surface area contributed by atoms with Gasteiger partial charge in [0.25, 0.3) is 0 Å². The second kappa shape index (κ2) is 6.07. The molecular weight excluding hydrogens is 328 g/mol. The molecular formula is C13H15ClN4O5. The summed E-state index contributed by atoms with van der Waals surface area (Å²) in [5.74, 6) is -0.674. The Bertz CT molecular complexity index is 617. The van der Waals surface area contributed by atoms with Crippen LogP contribution in [-0.4, -0.2) is 61.9 Å². The van der Waals surface area contributed by atoms with Crippen LogP contribution in [0.25, 0.3) is 0 Å². The van der Waals surface area contributed by atoms with Gasteiger partial charge in [-0.15, -0.1) is 0 Å². The summed E-state index contributed by atoms with van der Waals surface area (Å²) in [4.78, 5) is 31.2. The number of nitrogens with zero attached hydrogens (tertiary/aromatic N) is 3. The number of likely N-dealkylation sites (tertiary alicyclic amines) is 1. The number of aromatic nitrogens is 2. The van der Waals surface area contributed by atoms with E-state index in [0.29, 0.717) is 11.9 Å². The van der Waals surface area contributed by atoms with Crippen molar-refractivity contribution in [3.05, 3.63) is 11.2 Å². The number of aliphatic carboxylic acids is 1. The molecule has 1 saturated carbocycles. The zero-order valence-corrected chi connectivity index (χ0v) is 12.7. The van der Waals surface area contributed by atoms with E-state index in [2.05, 4.69) is 15.3 Å². The normalized spacial score (nSPS) is 23.6. The van der Waals surface area contributed by atoms with E-state index in [1.807, 2.05) is 0 Å². The molecule has 2 fully saturated rings. The maximum atomic E-state index is 11.1. The van der Waals surface area contributed by atoms with Gasteiger partial charge in [0.1, 0.15) is 23.1 Å². The van der Waals surface area contributed by atoms with E-state index in [-0.39, 0.29) is 24.1 Å². The summed E-state index contributed by atoms with van der Waals surface area (Å²) < 4.78 is 5.54. The fraction of sp³-hybridized carbons (Fsp3) is 0.538. The first kappa shape index (κ1) is 15.6. The zero-order chi connectivity index (χ0) is 16.6. The molecule has 2 atom stereocenters. The quantitative estimate of drug-likeness (QED) is 0.683. The van der Waals surface area contributed by atoms with Crippen molar-refractivity contribution in [2.75, 3.05) is 11.9 Å². The van der Waals surface area contributed by atoms with Crippen LogP contribution in [0.15, 0.2) is 6.07 Å². The average Bonchev–Trinajstić information content (AvgIpc) is 3.14. The Balaban J connectivity index is 1.70. The molecule has 2 heterocycles. The summed E-state index contributed by atoms with van der Waals surface area (Å²) in [5, 5.41) is 21.5. The molecule has 1 aromatic rings. The molecule has 3 rings (SSSR count). The van der Waals surface area contributed by atoms with Gasteiger partial charge < -0.3 is 20.3 Å². The summed E-state index contributed by atoms with van der Waals surface area (Å²) in [5.41, 5.74) is 0. The number of anilines is 1. The molecule has 0 radical (unpaired) electrons. The highest BCUT2D eigenvalue weighted by atomic mass is 35.5. The topological polar surface area (TPSA) is 125 Å². The monoisotopic (exact) mass is 342 g/mol. The molecule has 10 heteroatoms. The van der Waals surface area contributed by atoms with E-state index in [9.17, 15) is 9.59 Å². The Hall–Kier alpha value is -2.29.